The number of halogens is 3. The zero-order valence-electron chi connectivity index (χ0n) is 9.06. The summed E-state index contributed by atoms with van der Waals surface area (Å²) in [5, 5.41) is 0. The third-order valence-electron chi connectivity index (χ3n) is 2.48. The van der Waals surface area contributed by atoms with Crippen LogP contribution in [-0.2, 0) is 0 Å². The highest BCUT2D eigenvalue weighted by molar-refractivity contribution is 6.66. The first-order valence-electron chi connectivity index (χ1n) is 4.90. The van der Waals surface area contributed by atoms with Gasteiger partial charge in [-0.15, -0.1) is 12.1 Å². The summed E-state index contributed by atoms with van der Waals surface area (Å²) in [4.78, 5) is 1.72. The summed E-state index contributed by atoms with van der Waals surface area (Å²) in [6, 6.07) is 0.213. The smallest absolute Gasteiger partial charge is 0.445 e. The Hall–Kier alpha value is -0.445. The minimum absolute atomic E-state index is 0.0736. The summed E-state index contributed by atoms with van der Waals surface area (Å²) in [5.74, 6) is 0. The van der Waals surface area contributed by atoms with Gasteiger partial charge in [0, 0.05) is 6.04 Å². The lowest BCUT2D eigenvalue weighted by molar-refractivity contribution is 0.247. The molecule has 0 aromatic heterocycles. The predicted molar refractivity (Wildman–Crippen MR) is 55.2 cm³/mol. The molecule has 14 heavy (non-hydrogen) atoms. The van der Waals surface area contributed by atoms with E-state index in [0.717, 1.165) is 12.8 Å². The van der Waals surface area contributed by atoms with Gasteiger partial charge in [-0.3, -0.25) is 0 Å². The Morgan fingerprint density at radius 3 is 2.00 bits per heavy atom. The van der Waals surface area contributed by atoms with Crippen LogP contribution in [0.5, 0.6) is 0 Å². The molecule has 0 fully saturated rings. The largest absolute Gasteiger partial charge is 0.506 e. The average Bonchev–Trinajstić information content (AvgIpc) is 2.04. The highest BCUT2D eigenvalue weighted by atomic mass is 19.4. The summed E-state index contributed by atoms with van der Waals surface area (Å²) in [5.41, 5.74) is -0.612. The van der Waals surface area contributed by atoms with Crippen molar-refractivity contribution in [3.63, 3.8) is 0 Å². The Labute approximate surface area is 84.0 Å². The van der Waals surface area contributed by atoms with Crippen molar-refractivity contribution in [2.75, 3.05) is 13.6 Å². The maximum atomic E-state index is 12.2. The molecule has 84 valence electrons. The van der Waals surface area contributed by atoms with Crippen LogP contribution in [0.1, 0.15) is 26.7 Å². The molecule has 1 nitrogen and oxygen atoms in total. The van der Waals surface area contributed by atoms with E-state index >= 15 is 0 Å². The van der Waals surface area contributed by atoms with Crippen LogP contribution in [0.25, 0.3) is 0 Å². The van der Waals surface area contributed by atoms with Gasteiger partial charge in [-0.25, -0.2) is 0 Å². The molecule has 0 unspecified atom stereocenters. The zero-order chi connectivity index (χ0) is 11.4. The van der Waals surface area contributed by atoms with Gasteiger partial charge >= 0.3 is 6.98 Å². The van der Waals surface area contributed by atoms with Gasteiger partial charge in [0.05, 0.1) is 0 Å². The molecule has 0 N–H and O–H groups in total. The van der Waals surface area contributed by atoms with E-state index in [4.69, 9.17) is 0 Å². The lowest BCUT2D eigenvalue weighted by Crippen LogP contribution is -2.36. The average molecular weight is 208 g/mol. The molecule has 0 heterocycles. The normalized spacial score (nSPS) is 12.6. The van der Waals surface area contributed by atoms with Gasteiger partial charge in [-0.05, 0) is 26.4 Å². The fraction of sp³-hybridized carbons (Fsp3) is 0.778. The van der Waals surface area contributed by atoms with E-state index in [1.54, 1.807) is 11.9 Å². The maximum Gasteiger partial charge on any atom is 0.506 e. The van der Waals surface area contributed by atoms with Gasteiger partial charge in [0.2, 0.25) is 0 Å². The van der Waals surface area contributed by atoms with Crippen LogP contribution in [-0.4, -0.2) is 31.5 Å². The Morgan fingerprint density at radius 2 is 1.71 bits per heavy atom. The van der Waals surface area contributed by atoms with Gasteiger partial charge in [-0.2, -0.15) is 0 Å². The quantitative estimate of drug-likeness (QED) is 0.606. The van der Waals surface area contributed by atoms with Gasteiger partial charge in [0.1, 0.15) is 0 Å². The van der Waals surface area contributed by atoms with E-state index in [9.17, 15) is 12.9 Å². The van der Waals surface area contributed by atoms with E-state index < -0.39 is 12.4 Å². The molecule has 0 aromatic rings. The Bertz CT molecular complexity index is 187. The van der Waals surface area contributed by atoms with Gasteiger partial charge in [0.15, 0.2) is 0 Å². The number of likely N-dealkylation sites (N-methyl/N-ethyl adjacent to an activating group) is 1. The van der Waals surface area contributed by atoms with Crippen LogP contribution >= 0.6 is 0 Å². The molecule has 5 heteroatoms. The van der Waals surface area contributed by atoms with Crippen molar-refractivity contribution in [3.05, 3.63) is 12.1 Å². The first kappa shape index (κ1) is 13.6. The van der Waals surface area contributed by atoms with Crippen molar-refractivity contribution in [2.45, 2.75) is 32.7 Å². The Balaban J connectivity index is 4.18. The third-order valence-corrected chi connectivity index (χ3v) is 2.48. The molecule has 0 saturated carbocycles. The van der Waals surface area contributed by atoms with Crippen molar-refractivity contribution in [1.82, 2.24) is 4.90 Å². The van der Waals surface area contributed by atoms with E-state index in [1.807, 2.05) is 13.8 Å². The Kier molecular flexibility index (Phi) is 5.27. The summed E-state index contributed by atoms with van der Waals surface area (Å²) in [6.45, 7) is 2.08. The predicted octanol–water partition coefficient (Wildman–Crippen LogP) is 3.05. The van der Waals surface area contributed by atoms with Gasteiger partial charge < -0.3 is 17.8 Å². The van der Waals surface area contributed by atoms with E-state index in [0.29, 0.717) is 0 Å². The van der Waals surface area contributed by atoms with Crippen molar-refractivity contribution < 1.29 is 12.9 Å². The standard InChI is InChI=1S/C9H18BF3N/c1-5-9(6-2)14(4)7-8(3)10(11,12)13/h9H,3,5-7H2,1-2,4H3/q-1. The first-order valence-corrected chi connectivity index (χ1v) is 4.90. The fourth-order valence-electron chi connectivity index (χ4n) is 1.46. The van der Waals surface area contributed by atoms with Crippen molar-refractivity contribution in [2.24, 2.45) is 0 Å². The highest BCUT2D eigenvalue weighted by Crippen LogP contribution is 2.20. The summed E-state index contributed by atoms with van der Waals surface area (Å²) >= 11 is 0. The lowest BCUT2D eigenvalue weighted by Gasteiger charge is -2.30. The molecule has 0 aliphatic carbocycles. The van der Waals surface area contributed by atoms with Crippen molar-refractivity contribution in [1.29, 1.82) is 0 Å². The van der Waals surface area contributed by atoms with Crippen LogP contribution in [0.2, 0.25) is 0 Å². The molecule has 0 aromatic carbocycles. The molecular formula is C9H18BF3N-. The molecule has 0 amide bonds. The molecule has 0 saturated heterocycles. The molecular weight excluding hydrogens is 190 g/mol. The van der Waals surface area contributed by atoms with E-state index in [1.165, 1.54) is 0 Å². The summed E-state index contributed by atoms with van der Waals surface area (Å²) in [6.07, 6.45) is 1.73. The monoisotopic (exact) mass is 208 g/mol. The van der Waals surface area contributed by atoms with Gasteiger partial charge in [-0.1, -0.05) is 13.8 Å². The second-order valence-corrected chi connectivity index (χ2v) is 3.62. The molecule has 0 radical (unpaired) electrons. The van der Waals surface area contributed by atoms with E-state index in [2.05, 4.69) is 6.58 Å². The zero-order valence-corrected chi connectivity index (χ0v) is 9.06. The molecule has 0 spiro atoms. The molecule has 0 aliphatic rings. The fourth-order valence-corrected chi connectivity index (χ4v) is 1.46. The SMILES string of the molecule is C=C(CN(C)C(CC)CC)[B-](F)(F)F. The summed E-state index contributed by atoms with van der Waals surface area (Å²) < 4.78 is 36.7. The highest BCUT2D eigenvalue weighted by Gasteiger charge is 2.27. The lowest BCUT2D eigenvalue weighted by atomic mass is 9.80. The van der Waals surface area contributed by atoms with Crippen LogP contribution in [0.3, 0.4) is 0 Å². The first-order chi connectivity index (χ1) is 6.32. The van der Waals surface area contributed by atoms with Crippen LogP contribution in [0.15, 0.2) is 12.1 Å². The van der Waals surface area contributed by atoms with Crippen molar-refractivity contribution >= 4 is 6.98 Å². The second kappa shape index (κ2) is 5.44. The van der Waals surface area contributed by atoms with Crippen LogP contribution in [0, 0.1) is 0 Å². The van der Waals surface area contributed by atoms with Gasteiger partial charge in [0.25, 0.3) is 0 Å². The molecule has 0 atom stereocenters. The van der Waals surface area contributed by atoms with Crippen LogP contribution < -0.4 is 0 Å². The third kappa shape index (κ3) is 4.18. The number of nitrogens with zero attached hydrogens (tertiary/aromatic N) is 1. The minimum Gasteiger partial charge on any atom is -0.445 e. The maximum absolute atomic E-state index is 12.2. The minimum atomic E-state index is -4.88. The number of hydrogen-bond donors (Lipinski definition) is 0. The molecule has 0 bridgehead atoms. The van der Waals surface area contributed by atoms with E-state index in [-0.39, 0.29) is 12.6 Å². The Morgan fingerprint density at radius 1 is 1.29 bits per heavy atom. The van der Waals surface area contributed by atoms with Crippen molar-refractivity contribution in [3.8, 4) is 0 Å². The topological polar surface area (TPSA) is 3.24 Å². The van der Waals surface area contributed by atoms with Crippen LogP contribution in [0.4, 0.5) is 12.9 Å². The molecule has 0 aliphatic heterocycles. The number of hydrogen-bond acceptors (Lipinski definition) is 1. The summed E-state index contributed by atoms with van der Waals surface area (Å²) in [7, 11) is 1.71. The molecule has 0 rings (SSSR count). The second-order valence-electron chi connectivity index (χ2n) is 3.62. The number of rotatable bonds is 6.